The number of rotatable bonds is 4. The lowest BCUT2D eigenvalue weighted by molar-refractivity contribution is 0.661. The molecule has 0 saturated carbocycles. The van der Waals surface area contributed by atoms with Gasteiger partial charge < -0.3 is 0 Å². The van der Waals surface area contributed by atoms with Crippen LogP contribution in [0.1, 0.15) is 25.0 Å². The Balaban J connectivity index is 0.953. The van der Waals surface area contributed by atoms with Crippen LogP contribution in [0.5, 0.6) is 0 Å². The number of hydrogen-bond donors (Lipinski definition) is 0. The third-order valence-corrected chi connectivity index (χ3v) is 11.7. The van der Waals surface area contributed by atoms with Crippen LogP contribution in [0.2, 0.25) is 0 Å². The van der Waals surface area contributed by atoms with Crippen molar-refractivity contribution < 1.29 is 0 Å². The van der Waals surface area contributed by atoms with E-state index >= 15 is 0 Å². The van der Waals surface area contributed by atoms with E-state index in [1.54, 1.807) is 0 Å². The van der Waals surface area contributed by atoms with Gasteiger partial charge in [-0.15, -0.1) is 0 Å². The van der Waals surface area contributed by atoms with E-state index in [1.807, 2.05) is 48.5 Å². The van der Waals surface area contributed by atoms with Crippen molar-refractivity contribution in [2.75, 3.05) is 0 Å². The Hall–Kier alpha value is -6.97. The standard InChI is InChI=1S/C52H35N3/c1-52(2)45-29-35(27-28-40(45)44-30-42-38-17-8-6-15-36(38)37-16-7-9-18-39(37)43(42)31-46(44)52)32-23-25-33(26-24-32)47-21-12-22-49(53-47)51-54-48-20-11-10-19-41(48)50(55-51)34-13-4-3-5-14-34/h3-31H,1-2H3. The highest BCUT2D eigenvalue weighted by Gasteiger charge is 2.36. The second kappa shape index (κ2) is 12.0. The van der Waals surface area contributed by atoms with Gasteiger partial charge in [-0.1, -0.05) is 153 Å². The van der Waals surface area contributed by atoms with Gasteiger partial charge in [0.05, 0.1) is 16.9 Å². The summed E-state index contributed by atoms with van der Waals surface area (Å²) < 4.78 is 0. The first-order valence-corrected chi connectivity index (χ1v) is 18.9. The summed E-state index contributed by atoms with van der Waals surface area (Å²) in [6, 6.07) is 63.0. The van der Waals surface area contributed by atoms with Gasteiger partial charge in [-0.05, 0) is 102 Å². The minimum Gasteiger partial charge on any atom is -0.244 e. The van der Waals surface area contributed by atoms with Gasteiger partial charge in [-0.2, -0.15) is 0 Å². The highest BCUT2D eigenvalue weighted by molar-refractivity contribution is 6.26. The molecule has 0 amide bonds. The van der Waals surface area contributed by atoms with Crippen LogP contribution in [0.25, 0.3) is 99.5 Å². The first-order valence-electron chi connectivity index (χ1n) is 18.9. The van der Waals surface area contributed by atoms with Gasteiger partial charge >= 0.3 is 0 Å². The summed E-state index contributed by atoms with van der Waals surface area (Å²) in [6.07, 6.45) is 0. The van der Waals surface area contributed by atoms with Gasteiger partial charge in [-0.3, -0.25) is 0 Å². The third-order valence-electron chi connectivity index (χ3n) is 11.7. The molecule has 55 heavy (non-hydrogen) atoms. The SMILES string of the molecule is CC1(C)c2cc(-c3ccc(-c4cccc(-c5nc(-c6ccccc6)c6ccccc6n5)n4)cc3)ccc2-c2cc3c4ccccc4c4ccccc4c3cc21. The summed E-state index contributed by atoms with van der Waals surface area (Å²) in [4.78, 5) is 15.1. The van der Waals surface area contributed by atoms with E-state index in [-0.39, 0.29) is 5.41 Å². The summed E-state index contributed by atoms with van der Waals surface area (Å²) >= 11 is 0. The second-order valence-electron chi connectivity index (χ2n) is 15.2. The van der Waals surface area contributed by atoms with Crippen molar-refractivity contribution in [3.8, 4) is 56.3 Å². The molecule has 2 heterocycles. The van der Waals surface area contributed by atoms with E-state index in [1.165, 1.54) is 65.7 Å². The Bertz CT molecular complexity index is 3160. The summed E-state index contributed by atoms with van der Waals surface area (Å²) in [5.74, 6) is 0.618. The van der Waals surface area contributed by atoms with Crippen molar-refractivity contribution in [1.29, 1.82) is 0 Å². The first kappa shape index (κ1) is 31.5. The molecule has 0 bridgehead atoms. The van der Waals surface area contributed by atoms with E-state index in [0.717, 1.165) is 39.1 Å². The normalized spacial score (nSPS) is 13.1. The molecular formula is C52H35N3. The Kier molecular flexibility index (Phi) is 6.90. The highest BCUT2D eigenvalue weighted by Crippen LogP contribution is 2.52. The largest absolute Gasteiger partial charge is 0.244 e. The van der Waals surface area contributed by atoms with Crippen LogP contribution in [0, 0.1) is 0 Å². The summed E-state index contributed by atoms with van der Waals surface area (Å²) in [7, 11) is 0. The van der Waals surface area contributed by atoms with Crippen molar-refractivity contribution in [1.82, 2.24) is 15.0 Å². The molecule has 1 aliphatic rings. The van der Waals surface area contributed by atoms with E-state index < -0.39 is 0 Å². The van der Waals surface area contributed by atoms with Crippen LogP contribution in [-0.2, 0) is 5.41 Å². The monoisotopic (exact) mass is 701 g/mol. The quantitative estimate of drug-likeness (QED) is 0.171. The van der Waals surface area contributed by atoms with E-state index in [0.29, 0.717) is 5.82 Å². The van der Waals surface area contributed by atoms with E-state index in [9.17, 15) is 0 Å². The number of pyridine rings is 1. The topological polar surface area (TPSA) is 38.7 Å². The molecule has 0 spiro atoms. The fourth-order valence-electron chi connectivity index (χ4n) is 8.87. The van der Waals surface area contributed by atoms with Gasteiger partial charge in [0.2, 0.25) is 0 Å². The molecule has 0 saturated heterocycles. The molecule has 0 radical (unpaired) electrons. The zero-order chi connectivity index (χ0) is 36.7. The smallest absolute Gasteiger partial charge is 0.179 e. The highest BCUT2D eigenvalue weighted by atomic mass is 14.9. The lowest BCUT2D eigenvalue weighted by Crippen LogP contribution is -2.15. The van der Waals surface area contributed by atoms with Crippen LogP contribution >= 0.6 is 0 Å². The van der Waals surface area contributed by atoms with Crippen LogP contribution in [-0.4, -0.2) is 15.0 Å². The number of nitrogens with zero attached hydrogens (tertiary/aromatic N) is 3. The summed E-state index contributed by atoms with van der Waals surface area (Å²) in [5, 5.41) is 8.91. The molecule has 3 heteroatoms. The van der Waals surface area contributed by atoms with Crippen molar-refractivity contribution in [2.45, 2.75) is 19.3 Å². The Morgan fingerprint density at radius 1 is 0.345 bits per heavy atom. The van der Waals surface area contributed by atoms with E-state index in [4.69, 9.17) is 15.0 Å². The maximum absolute atomic E-state index is 5.08. The molecule has 1 aliphatic carbocycles. The maximum Gasteiger partial charge on any atom is 0.179 e. The molecule has 11 rings (SSSR count). The summed E-state index contributed by atoms with van der Waals surface area (Å²) in [5.41, 5.74) is 13.2. The number of aromatic nitrogens is 3. The van der Waals surface area contributed by atoms with Gasteiger partial charge in [0.1, 0.15) is 5.69 Å². The van der Waals surface area contributed by atoms with Crippen LogP contribution in [0.15, 0.2) is 176 Å². The van der Waals surface area contributed by atoms with Crippen molar-refractivity contribution in [3.05, 3.63) is 187 Å². The average molecular weight is 702 g/mol. The minimum absolute atomic E-state index is 0.142. The van der Waals surface area contributed by atoms with Gasteiger partial charge in [0.15, 0.2) is 5.82 Å². The van der Waals surface area contributed by atoms with Crippen LogP contribution < -0.4 is 0 Å². The fraction of sp³-hybridized carbons (Fsp3) is 0.0577. The second-order valence-corrected chi connectivity index (χ2v) is 15.2. The van der Waals surface area contributed by atoms with Gasteiger partial charge in [-0.25, -0.2) is 15.0 Å². The molecule has 0 fully saturated rings. The lowest BCUT2D eigenvalue weighted by atomic mass is 9.80. The number of para-hydroxylation sites is 1. The number of fused-ring (bicyclic) bond motifs is 10. The van der Waals surface area contributed by atoms with E-state index in [2.05, 4.69) is 141 Å². The lowest BCUT2D eigenvalue weighted by Gasteiger charge is -2.23. The van der Waals surface area contributed by atoms with Crippen molar-refractivity contribution >= 4 is 43.2 Å². The van der Waals surface area contributed by atoms with Gasteiger partial charge in [0, 0.05) is 21.9 Å². The predicted octanol–water partition coefficient (Wildman–Crippen LogP) is 13.5. The Morgan fingerprint density at radius 3 is 1.64 bits per heavy atom. The Labute approximate surface area is 319 Å². The van der Waals surface area contributed by atoms with Gasteiger partial charge in [0.25, 0.3) is 0 Å². The molecule has 10 aromatic rings. The molecule has 8 aromatic carbocycles. The molecule has 2 aromatic heterocycles. The zero-order valence-electron chi connectivity index (χ0n) is 30.6. The van der Waals surface area contributed by atoms with Crippen LogP contribution in [0.4, 0.5) is 0 Å². The maximum atomic E-state index is 5.08. The van der Waals surface area contributed by atoms with Crippen LogP contribution in [0.3, 0.4) is 0 Å². The molecule has 0 aliphatic heterocycles. The average Bonchev–Trinajstić information content (AvgIpc) is 3.47. The Morgan fingerprint density at radius 2 is 0.909 bits per heavy atom. The predicted molar refractivity (Wildman–Crippen MR) is 229 cm³/mol. The number of benzene rings is 8. The fourth-order valence-corrected chi connectivity index (χ4v) is 8.87. The molecule has 0 N–H and O–H groups in total. The molecule has 0 unspecified atom stereocenters. The molecule has 0 atom stereocenters. The van der Waals surface area contributed by atoms with Crippen molar-refractivity contribution in [2.24, 2.45) is 0 Å². The molecular weight excluding hydrogens is 667 g/mol. The molecule has 258 valence electrons. The third kappa shape index (κ3) is 4.93. The first-order chi connectivity index (χ1) is 27.0. The minimum atomic E-state index is -0.142. The number of hydrogen-bond acceptors (Lipinski definition) is 3. The summed E-state index contributed by atoms with van der Waals surface area (Å²) in [6.45, 7) is 4.75. The van der Waals surface area contributed by atoms with Crippen molar-refractivity contribution in [3.63, 3.8) is 0 Å². The molecule has 3 nitrogen and oxygen atoms in total. The zero-order valence-corrected chi connectivity index (χ0v) is 30.6.